The first kappa shape index (κ1) is 17.2. The summed E-state index contributed by atoms with van der Waals surface area (Å²) < 4.78 is 26.3. The molecule has 0 saturated heterocycles. The van der Waals surface area contributed by atoms with E-state index in [9.17, 15) is 13.2 Å². The van der Waals surface area contributed by atoms with E-state index in [0.717, 1.165) is 12.8 Å². The molecular formula is C18H21NO3S2. The molecule has 2 unspecified atom stereocenters. The van der Waals surface area contributed by atoms with Gasteiger partial charge >= 0.3 is 0 Å². The van der Waals surface area contributed by atoms with E-state index in [2.05, 4.69) is 5.32 Å². The molecule has 0 bridgehead atoms. The molecule has 6 heteroatoms. The highest BCUT2D eigenvalue weighted by Crippen LogP contribution is 2.37. The second-order valence-electron chi connectivity index (χ2n) is 6.25. The van der Waals surface area contributed by atoms with Crippen molar-refractivity contribution in [2.75, 3.05) is 6.54 Å². The SMILES string of the molecule is CC(C(=O)NCC(c1ccccc1)S(=O)(=O)c1cccs1)C1CC1. The van der Waals surface area contributed by atoms with Gasteiger partial charge in [0.15, 0.2) is 9.84 Å². The Morgan fingerprint density at radius 3 is 2.50 bits per heavy atom. The van der Waals surface area contributed by atoms with Gasteiger partial charge in [0.1, 0.15) is 9.46 Å². The smallest absolute Gasteiger partial charge is 0.223 e. The lowest BCUT2D eigenvalue weighted by atomic mass is 10.1. The minimum atomic E-state index is -3.53. The molecule has 1 aromatic carbocycles. The Morgan fingerprint density at radius 2 is 1.92 bits per heavy atom. The molecule has 4 nitrogen and oxygen atoms in total. The number of benzene rings is 1. The van der Waals surface area contributed by atoms with E-state index in [1.165, 1.54) is 11.3 Å². The van der Waals surface area contributed by atoms with Crippen LogP contribution in [0, 0.1) is 11.8 Å². The number of hydrogen-bond acceptors (Lipinski definition) is 4. The van der Waals surface area contributed by atoms with E-state index in [1.54, 1.807) is 29.6 Å². The molecule has 24 heavy (non-hydrogen) atoms. The maximum Gasteiger partial charge on any atom is 0.223 e. The molecule has 1 saturated carbocycles. The van der Waals surface area contributed by atoms with Crippen molar-refractivity contribution < 1.29 is 13.2 Å². The van der Waals surface area contributed by atoms with E-state index in [0.29, 0.717) is 15.7 Å². The number of hydrogen-bond donors (Lipinski definition) is 1. The maximum atomic E-state index is 13.0. The van der Waals surface area contributed by atoms with Crippen LogP contribution in [0.15, 0.2) is 52.1 Å². The Labute approximate surface area is 146 Å². The second kappa shape index (κ2) is 7.07. The highest BCUT2D eigenvalue weighted by atomic mass is 32.2. The van der Waals surface area contributed by atoms with Crippen LogP contribution in [0.4, 0.5) is 0 Å². The standard InChI is InChI=1S/C18H21NO3S2/c1-13(14-9-10-14)18(20)19-12-16(15-6-3-2-4-7-15)24(21,22)17-8-5-11-23-17/h2-8,11,13-14,16H,9-10,12H2,1H3,(H,19,20). The van der Waals surface area contributed by atoms with Crippen LogP contribution in [0.1, 0.15) is 30.6 Å². The molecule has 0 spiro atoms. The molecule has 1 aliphatic rings. The highest BCUT2D eigenvalue weighted by Gasteiger charge is 2.34. The third kappa shape index (κ3) is 3.70. The van der Waals surface area contributed by atoms with Gasteiger partial charge in [-0.15, -0.1) is 11.3 Å². The first-order valence-electron chi connectivity index (χ1n) is 8.10. The Kier molecular flexibility index (Phi) is 5.06. The van der Waals surface area contributed by atoms with E-state index in [4.69, 9.17) is 0 Å². The number of carbonyl (C=O) groups is 1. The summed E-state index contributed by atoms with van der Waals surface area (Å²) in [4.78, 5) is 12.3. The van der Waals surface area contributed by atoms with Gasteiger partial charge in [-0.2, -0.15) is 0 Å². The molecule has 3 rings (SSSR count). The predicted octanol–water partition coefficient (Wildman–Crippen LogP) is 3.43. The summed E-state index contributed by atoms with van der Waals surface area (Å²) >= 11 is 1.21. The Bertz CT molecular complexity index is 781. The van der Waals surface area contributed by atoms with Gasteiger partial charge in [-0.25, -0.2) is 8.42 Å². The van der Waals surface area contributed by atoms with Gasteiger partial charge < -0.3 is 5.32 Å². The number of thiophene rings is 1. The van der Waals surface area contributed by atoms with Gasteiger partial charge in [-0.05, 0) is 35.8 Å². The van der Waals surface area contributed by atoms with Gasteiger partial charge in [0.25, 0.3) is 0 Å². The minimum absolute atomic E-state index is 0.0501. The highest BCUT2D eigenvalue weighted by molar-refractivity contribution is 7.93. The van der Waals surface area contributed by atoms with Crippen molar-refractivity contribution >= 4 is 27.1 Å². The first-order valence-corrected chi connectivity index (χ1v) is 10.5. The van der Waals surface area contributed by atoms with Gasteiger partial charge in [-0.3, -0.25) is 4.79 Å². The average molecular weight is 364 g/mol. The summed E-state index contributed by atoms with van der Waals surface area (Å²) in [7, 11) is -3.53. The van der Waals surface area contributed by atoms with E-state index in [-0.39, 0.29) is 18.4 Å². The molecule has 1 aliphatic carbocycles. The number of rotatable bonds is 7. The quantitative estimate of drug-likeness (QED) is 0.820. The molecule has 0 aliphatic heterocycles. The van der Waals surface area contributed by atoms with Crippen molar-refractivity contribution in [2.45, 2.75) is 29.2 Å². The van der Waals surface area contributed by atoms with Gasteiger partial charge in [-0.1, -0.05) is 43.3 Å². The number of nitrogens with one attached hydrogen (secondary N) is 1. The van der Waals surface area contributed by atoms with Gasteiger partial charge in [0.2, 0.25) is 5.91 Å². The largest absolute Gasteiger partial charge is 0.354 e. The summed E-state index contributed by atoms with van der Waals surface area (Å²) in [6.07, 6.45) is 2.17. The van der Waals surface area contributed by atoms with Crippen molar-refractivity contribution in [1.82, 2.24) is 5.32 Å². The van der Waals surface area contributed by atoms with E-state index in [1.807, 2.05) is 25.1 Å². The Balaban J connectivity index is 1.82. The lowest BCUT2D eigenvalue weighted by Gasteiger charge is -2.19. The lowest BCUT2D eigenvalue weighted by molar-refractivity contribution is -0.125. The molecule has 2 atom stereocenters. The molecule has 1 aromatic heterocycles. The number of carbonyl (C=O) groups excluding carboxylic acids is 1. The molecule has 1 N–H and O–H groups in total. The van der Waals surface area contributed by atoms with E-state index < -0.39 is 15.1 Å². The molecule has 128 valence electrons. The van der Waals surface area contributed by atoms with Crippen LogP contribution < -0.4 is 5.32 Å². The average Bonchev–Trinajstić information content (AvgIpc) is 3.27. The zero-order valence-electron chi connectivity index (χ0n) is 13.5. The topological polar surface area (TPSA) is 63.2 Å². The third-order valence-electron chi connectivity index (χ3n) is 4.53. The predicted molar refractivity (Wildman–Crippen MR) is 95.6 cm³/mol. The Morgan fingerprint density at radius 1 is 1.21 bits per heavy atom. The van der Waals surface area contributed by atoms with Crippen LogP contribution in [0.2, 0.25) is 0 Å². The third-order valence-corrected chi connectivity index (χ3v) is 8.06. The minimum Gasteiger partial charge on any atom is -0.354 e. The maximum absolute atomic E-state index is 13.0. The van der Waals surface area contributed by atoms with Gasteiger partial charge in [0, 0.05) is 12.5 Å². The molecule has 2 aromatic rings. The first-order chi connectivity index (χ1) is 11.5. The summed E-state index contributed by atoms with van der Waals surface area (Å²) in [5.41, 5.74) is 0.699. The van der Waals surface area contributed by atoms with Crippen molar-refractivity contribution in [3.8, 4) is 0 Å². The normalized spacial score (nSPS) is 17.2. The molecule has 0 radical (unpaired) electrons. The molecule has 1 amide bonds. The van der Waals surface area contributed by atoms with Gasteiger partial charge in [0.05, 0.1) is 0 Å². The fourth-order valence-electron chi connectivity index (χ4n) is 2.80. The van der Waals surface area contributed by atoms with Crippen LogP contribution in [0.3, 0.4) is 0 Å². The summed E-state index contributed by atoms with van der Waals surface area (Å²) in [5.74, 6) is 0.347. The van der Waals surface area contributed by atoms with Crippen LogP contribution in [-0.2, 0) is 14.6 Å². The molecule has 1 fully saturated rings. The lowest BCUT2D eigenvalue weighted by Crippen LogP contribution is -2.35. The fourth-order valence-corrected chi connectivity index (χ4v) is 5.67. The second-order valence-corrected chi connectivity index (χ2v) is 9.55. The summed E-state index contributed by atoms with van der Waals surface area (Å²) in [5, 5.41) is 3.84. The van der Waals surface area contributed by atoms with Crippen LogP contribution in [0.5, 0.6) is 0 Å². The van der Waals surface area contributed by atoms with Crippen molar-refractivity contribution in [2.24, 2.45) is 11.8 Å². The molecular weight excluding hydrogens is 342 g/mol. The molecule has 1 heterocycles. The van der Waals surface area contributed by atoms with E-state index >= 15 is 0 Å². The van der Waals surface area contributed by atoms with Crippen LogP contribution in [-0.4, -0.2) is 20.9 Å². The summed E-state index contributed by atoms with van der Waals surface area (Å²) in [6, 6.07) is 12.4. The summed E-state index contributed by atoms with van der Waals surface area (Å²) in [6.45, 7) is 2.01. The fraction of sp³-hybridized carbons (Fsp3) is 0.389. The zero-order valence-corrected chi connectivity index (χ0v) is 15.1. The van der Waals surface area contributed by atoms with Crippen molar-refractivity contribution in [3.63, 3.8) is 0 Å². The van der Waals surface area contributed by atoms with Crippen molar-refractivity contribution in [1.29, 1.82) is 0 Å². The monoisotopic (exact) mass is 363 g/mol. The van der Waals surface area contributed by atoms with Crippen LogP contribution in [0.25, 0.3) is 0 Å². The number of sulfone groups is 1. The van der Waals surface area contributed by atoms with Crippen molar-refractivity contribution in [3.05, 3.63) is 53.4 Å². The van der Waals surface area contributed by atoms with Crippen LogP contribution >= 0.6 is 11.3 Å². The zero-order chi connectivity index (χ0) is 17.2. The number of amides is 1. The Hall–Kier alpha value is -1.66.